The second-order valence-electron chi connectivity index (χ2n) is 4.44. The summed E-state index contributed by atoms with van der Waals surface area (Å²) in [6.45, 7) is 2.08. The molecule has 0 saturated carbocycles. The Hall–Kier alpha value is -1.03. The van der Waals surface area contributed by atoms with E-state index in [-0.39, 0.29) is 11.9 Å². The maximum Gasteiger partial charge on any atom is 0.138 e. The van der Waals surface area contributed by atoms with Crippen LogP contribution >= 0.6 is 34.8 Å². The van der Waals surface area contributed by atoms with Crippen molar-refractivity contribution in [3.8, 4) is 0 Å². The SMILES string of the molecule is CC(c1ccc(Cl)cc1)N(C)c1ncnc(Cl)c1CCl. The molecule has 0 N–H and O–H groups in total. The highest BCUT2D eigenvalue weighted by molar-refractivity contribution is 6.31. The highest BCUT2D eigenvalue weighted by Gasteiger charge is 2.18. The number of hydrogen-bond donors (Lipinski definition) is 0. The average molecular weight is 331 g/mol. The third-order valence-corrected chi connectivity index (χ3v) is 4.12. The van der Waals surface area contributed by atoms with Crippen molar-refractivity contribution in [3.05, 3.63) is 51.9 Å². The third-order valence-electron chi connectivity index (χ3n) is 3.27. The number of aromatic nitrogens is 2. The zero-order valence-corrected chi connectivity index (χ0v) is 13.4. The minimum absolute atomic E-state index is 0.111. The molecule has 0 bridgehead atoms. The standard InChI is InChI=1S/C14H14Cl3N3/c1-9(10-3-5-11(16)6-4-10)20(2)14-12(7-15)13(17)18-8-19-14/h3-6,8-9H,7H2,1-2H3. The van der Waals surface area contributed by atoms with Crippen LogP contribution in [0.2, 0.25) is 10.2 Å². The molecule has 20 heavy (non-hydrogen) atoms. The van der Waals surface area contributed by atoms with Crippen molar-refractivity contribution in [2.45, 2.75) is 18.8 Å². The molecule has 1 aromatic carbocycles. The van der Waals surface area contributed by atoms with Crippen molar-refractivity contribution >= 4 is 40.6 Å². The van der Waals surface area contributed by atoms with Gasteiger partial charge in [-0.25, -0.2) is 9.97 Å². The first-order chi connectivity index (χ1) is 9.54. The van der Waals surface area contributed by atoms with Gasteiger partial charge >= 0.3 is 0 Å². The lowest BCUT2D eigenvalue weighted by Crippen LogP contribution is -2.24. The van der Waals surface area contributed by atoms with E-state index in [0.717, 1.165) is 22.0 Å². The van der Waals surface area contributed by atoms with Crippen LogP contribution in [-0.4, -0.2) is 17.0 Å². The summed E-state index contributed by atoms with van der Waals surface area (Å²) in [7, 11) is 1.95. The summed E-state index contributed by atoms with van der Waals surface area (Å²) in [5.74, 6) is 1.01. The fraction of sp³-hybridized carbons (Fsp3) is 0.286. The molecule has 0 fully saturated rings. The summed E-state index contributed by atoms with van der Waals surface area (Å²) in [6.07, 6.45) is 1.44. The smallest absolute Gasteiger partial charge is 0.138 e. The first-order valence-corrected chi connectivity index (χ1v) is 7.37. The van der Waals surface area contributed by atoms with Crippen molar-refractivity contribution < 1.29 is 0 Å². The summed E-state index contributed by atoms with van der Waals surface area (Å²) in [5, 5.41) is 1.11. The van der Waals surface area contributed by atoms with Crippen molar-refractivity contribution in [1.82, 2.24) is 9.97 Å². The summed E-state index contributed by atoms with van der Waals surface area (Å²) in [5.41, 5.74) is 1.87. The molecular weight excluding hydrogens is 317 g/mol. The number of benzene rings is 1. The summed E-state index contributed by atoms with van der Waals surface area (Å²) < 4.78 is 0. The van der Waals surface area contributed by atoms with E-state index in [1.165, 1.54) is 6.33 Å². The van der Waals surface area contributed by atoms with Crippen LogP contribution in [-0.2, 0) is 5.88 Å². The third kappa shape index (κ3) is 3.17. The van der Waals surface area contributed by atoms with Gasteiger partial charge in [-0.2, -0.15) is 0 Å². The van der Waals surface area contributed by atoms with Crippen LogP contribution in [0.4, 0.5) is 5.82 Å². The maximum atomic E-state index is 6.07. The highest BCUT2D eigenvalue weighted by atomic mass is 35.5. The Morgan fingerprint density at radius 2 is 1.80 bits per heavy atom. The molecule has 0 aliphatic rings. The maximum absolute atomic E-state index is 6.07. The van der Waals surface area contributed by atoms with Gasteiger partial charge in [-0.1, -0.05) is 35.3 Å². The van der Waals surface area contributed by atoms with Gasteiger partial charge in [-0.05, 0) is 24.6 Å². The molecule has 2 aromatic rings. The van der Waals surface area contributed by atoms with E-state index < -0.39 is 0 Å². The van der Waals surface area contributed by atoms with Gasteiger partial charge in [0.2, 0.25) is 0 Å². The van der Waals surface area contributed by atoms with Crippen molar-refractivity contribution in [1.29, 1.82) is 0 Å². The first kappa shape index (κ1) is 15.4. The fourth-order valence-corrected chi connectivity index (χ4v) is 2.58. The van der Waals surface area contributed by atoms with E-state index in [9.17, 15) is 0 Å². The van der Waals surface area contributed by atoms with Crippen LogP contribution in [0.1, 0.15) is 24.1 Å². The van der Waals surface area contributed by atoms with Crippen molar-refractivity contribution in [2.75, 3.05) is 11.9 Å². The Kier molecular flexibility index (Phi) is 5.08. The Morgan fingerprint density at radius 3 is 2.40 bits per heavy atom. The van der Waals surface area contributed by atoms with Gasteiger partial charge in [0.1, 0.15) is 17.3 Å². The predicted molar refractivity (Wildman–Crippen MR) is 84.9 cm³/mol. The molecule has 0 aliphatic carbocycles. The molecule has 0 aliphatic heterocycles. The minimum Gasteiger partial charge on any atom is -0.353 e. The quantitative estimate of drug-likeness (QED) is 0.600. The van der Waals surface area contributed by atoms with Crippen LogP contribution in [0.15, 0.2) is 30.6 Å². The average Bonchev–Trinajstić information content (AvgIpc) is 2.46. The molecule has 1 unspecified atom stereocenters. The van der Waals surface area contributed by atoms with E-state index >= 15 is 0 Å². The molecule has 106 valence electrons. The molecule has 3 nitrogen and oxygen atoms in total. The molecule has 1 aromatic heterocycles. The van der Waals surface area contributed by atoms with Gasteiger partial charge in [-0.15, -0.1) is 11.6 Å². The van der Waals surface area contributed by atoms with E-state index in [0.29, 0.717) is 5.15 Å². The Balaban J connectivity index is 2.33. The second kappa shape index (κ2) is 6.61. The van der Waals surface area contributed by atoms with E-state index in [1.807, 2.05) is 36.2 Å². The molecule has 0 saturated heterocycles. The van der Waals surface area contributed by atoms with Crippen LogP contribution in [0.25, 0.3) is 0 Å². The lowest BCUT2D eigenvalue weighted by molar-refractivity contribution is 0.723. The van der Waals surface area contributed by atoms with Crippen LogP contribution in [0.3, 0.4) is 0 Å². The van der Waals surface area contributed by atoms with Crippen molar-refractivity contribution in [2.24, 2.45) is 0 Å². The second-order valence-corrected chi connectivity index (χ2v) is 5.50. The normalized spacial score (nSPS) is 12.2. The van der Waals surface area contributed by atoms with Gasteiger partial charge in [-0.3, -0.25) is 0 Å². The predicted octanol–water partition coefficient (Wildman–Crippen LogP) is 4.72. The zero-order valence-electron chi connectivity index (χ0n) is 11.1. The molecule has 2 rings (SSSR count). The highest BCUT2D eigenvalue weighted by Crippen LogP contribution is 2.30. The molecule has 1 atom stereocenters. The van der Waals surface area contributed by atoms with E-state index in [2.05, 4.69) is 16.9 Å². The fourth-order valence-electron chi connectivity index (χ4n) is 1.95. The topological polar surface area (TPSA) is 29.0 Å². The number of nitrogens with zero attached hydrogens (tertiary/aromatic N) is 3. The van der Waals surface area contributed by atoms with E-state index in [1.54, 1.807) is 0 Å². The number of rotatable bonds is 4. The van der Waals surface area contributed by atoms with Crippen LogP contribution in [0, 0.1) is 0 Å². The van der Waals surface area contributed by atoms with E-state index in [4.69, 9.17) is 34.8 Å². The van der Waals surface area contributed by atoms with Crippen molar-refractivity contribution in [3.63, 3.8) is 0 Å². The molecule has 6 heteroatoms. The zero-order chi connectivity index (χ0) is 14.7. The Bertz CT molecular complexity index is 587. The summed E-state index contributed by atoms with van der Waals surface area (Å²) in [6, 6.07) is 7.84. The Labute approximate surface area is 133 Å². The molecular formula is C14H14Cl3N3. The Morgan fingerprint density at radius 1 is 1.15 bits per heavy atom. The van der Waals surface area contributed by atoms with Gasteiger partial charge < -0.3 is 4.90 Å². The first-order valence-electron chi connectivity index (χ1n) is 6.08. The largest absolute Gasteiger partial charge is 0.353 e. The van der Waals surface area contributed by atoms with Gasteiger partial charge in [0.15, 0.2) is 0 Å². The molecule has 0 radical (unpaired) electrons. The minimum atomic E-state index is 0.111. The monoisotopic (exact) mass is 329 g/mol. The molecule has 0 spiro atoms. The summed E-state index contributed by atoms with van der Waals surface area (Å²) in [4.78, 5) is 10.3. The molecule has 1 heterocycles. The van der Waals surface area contributed by atoms with Crippen LogP contribution in [0.5, 0.6) is 0 Å². The molecule has 0 amide bonds. The number of hydrogen-bond acceptors (Lipinski definition) is 3. The van der Waals surface area contributed by atoms with Gasteiger partial charge in [0, 0.05) is 17.6 Å². The lowest BCUT2D eigenvalue weighted by Gasteiger charge is -2.28. The lowest BCUT2D eigenvalue weighted by atomic mass is 10.1. The number of alkyl halides is 1. The van der Waals surface area contributed by atoms with Gasteiger partial charge in [0.05, 0.1) is 11.9 Å². The number of halogens is 3. The summed E-state index contributed by atoms with van der Waals surface area (Å²) >= 11 is 17.9. The van der Waals surface area contributed by atoms with Gasteiger partial charge in [0.25, 0.3) is 0 Å². The van der Waals surface area contributed by atoms with Crippen LogP contribution < -0.4 is 4.90 Å². The number of anilines is 1.